The smallest absolute Gasteiger partial charge is 0.494 e. The second-order valence-electron chi connectivity index (χ2n) is 16.2. The Morgan fingerprint density at radius 1 is 0.391 bits per heavy atom. The van der Waals surface area contributed by atoms with Gasteiger partial charge in [0.15, 0.2) is 0 Å². The molecule has 0 saturated heterocycles. The van der Waals surface area contributed by atoms with Gasteiger partial charge in [0.25, 0.3) is 0 Å². The van der Waals surface area contributed by atoms with Crippen molar-refractivity contribution in [1.82, 2.24) is 0 Å². The predicted octanol–water partition coefficient (Wildman–Crippen LogP) is 16.5. The molecule has 0 saturated carbocycles. The van der Waals surface area contributed by atoms with E-state index >= 15 is 0 Å². The molecule has 0 heterocycles. The molecule has 0 fully saturated rings. The number of esters is 1. The molecule has 6 rings (SSSR count). The highest BCUT2D eigenvalue weighted by atomic mass is 16.7. The van der Waals surface area contributed by atoms with Crippen molar-refractivity contribution in [3.05, 3.63) is 139 Å². The summed E-state index contributed by atoms with van der Waals surface area (Å²) in [6, 6.07) is 40.8. The van der Waals surface area contributed by atoms with E-state index in [2.05, 4.69) is 13.8 Å². The lowest BCUT2D eigenvalue weighted by Crippen LogP contribution is -2.11. The van der Waals surface area contributed by atoms with Crippen LogP contribution in [0.5, 0.6) is 40.2 Å². The number of fused-ring (bicyclic) bond motifs is 1. The number of carbonyl (C=O) groups excluding carboxylic acids is 2. The number of benzene rings is 6. The van der Waals surface area contributed by atoms with E-state index in [1.165, 1.54) is 83.5 Å². The second-order valence-corrected chi connectivity index (χ2v) is 16.2. The molecule has 0 radical (unpaired) electrons. The van der Waals surface area contributed by atoms with Crippen LogP contribution >= 0.6 is 0 Å². The lowest BCUT2D eigenvalue weighted by Gasteiger charge is -2.13. The van der Waals surface area contributed by atoms with Gasteiger partial charge in [-0.1, -0.05) is 152 Å². The molecule has 6 aromatic carbocycles. The number of hydrogen-bond donors (Lipinski definition) is 0. The lowest BCUT2D eigenvalue weighted by atomic mass is 10.0. The minimum Gasteiger partial charge on any atom is -0.494 e. The Labute approximate surface area is 379 Å². The highest BCUT2D eigenvalue weighted by Crippen LogP contribution is 2.37. The normalized spacial score (nSPS) is 11.0. The van der Waals surface area contributed by atoms with E-state index in [0.717, 1.165) is 53.5 Å². The van der Waals surface area contributed by atoms with Crippen molar-refractivity contribution in [2.75, 3.05) is 13.2 Å². The summed E-state index contributed by atoms with van der Waals surface area (Å²) in [5.74, 6) is 3.66. The second kappa shape index (κ2) is 26.4. The first kappa shape index (κ1) is 47.2. The number of ether oxygens (including phenoxy) is 6. The molecule has 0 aliphatic rings. The van der Waals surface area contributed by atoms with Crippen molar-refractivity contribution in [2.45, 2.75) is 117 Å². The van der Waals surface area contributed by atoms with E-state index in [1.807, 2.05) is 84.9 Å². The molecule has 64 heavy (non-hydrogen) atoms. The van der Waals surface area contributed by atoms with Crippen LogP contribution in [-0.2, 0) is 4.74 Å². The molecule has 0 aromatic heterocycles. The zero-order valence-corrected chi connectivity index (χ0v) is 37.7. The largest absolute Gasteiger partial charge is 0.513 e. The fourth-order valence-corrected chi connectivity index (χ4v) is 7.48. The third-order valence-electron chi connectivity index (χ3n) is 11.2. The Morgan fingerprint density at radius 3 is 1.39 bits per heavy atom. The summed E-state index contributed by atoms with van der Waals surface area (Å²) in [5, 5.41) is 1.55. The van der Waals surface area contributed by atoms with Gasteiger partial charge in [-0.05, 0) is 109 Å². The van der Waals surface area contributed by atoms with Crippen LogP contribution in [0.2, 0.25) is 0 Å². The lowest BCUT2D eigenvalue weighted by molar-refractivity contribution is 0.0736. The summed E-state index contributed by atoms with van der Waals surface area (Å²) < 4.78 is 34.8. The molecule has 0 aliphatic carbocycles. The molecule has 8 nitrogen and oxygen atoms in total. The maximum Gasteiger partial charge on any atom is 0.513 e. The van der Waals surface area contributed by atoms with Crippen molar-refractivity contribution >= 4 is 22.9 Å². The zero-order chi connectivity index (χ0) is 44.6. The average molecular weight is 865 g/mol. The van der Waals surface area contributed by atoms with Crippen LogP contribution in [0.4, 0.5) is 4.79 Å². The molecule has 0 unspecified atom stereocenters. The van der Waals surface area contributed by atoms with Gasteiger partial charge < -0.3 is 28.4 Å². The fraction of sp³-hybridized carbons (Fsp3) is 0.357. The van der Waals surface area contributed by atoms with E-state index in [0.29, 0.717) is 46.7 Å². The fourth-order valence-electron chi connectivity index (χ4n) is 7.48. The van der Waals surface area contributed by atoms with Crippen LogP contribution in [-0.4, -0.2) is 25.3 Å². The minimum atomic E-state index is -0.701. The van der Waals surface area contributed by atoms with Crippen LogP contribution in [0.15, 0.2) is 133 Å². The van der Waals surface area contributed by atoms with Crippen molar-refractivity contribution in [2.24, 2.45) is 0 Å². The van der Waals surface area contributed by atoms with Gasteiger partial charge >= 0.3 is 12.1 Å². The first-order valence-electron chi connectivity index (χ1n) is 23.5. The average Bonchev–Trinajstić information content (AvgIpc) is 3.32. The third kappa shape index (κ3) is 15.5. The van der Waals surface area contributed by atoms with Gasteiger partial charge in [0.1, 0.15) is 40.2 Å². The van der Waals surface area contributed by atoms with Gasteiger partial charge in [0, 0.05) is 10.8 Å². The van der Waals surface area contributed by atoms with Gasteiger partial charge in [-0.2, -0.15) is 0 Å². The molecule has 8 heteroatoms. The van der Waals surface area contributed by atoms with Crippen molar-refractivity contribution in [1.29, 1.82) is 0 Å². The van der Waals surface area contributed by atoms with E-state index in [1.54, 1.807) is 48.5 Å². The number of hydrogen-bond acceptors (Lipinski definition) is 8. The van der Waals surface area contributed by atoms with E-state index in [9.17, 15) is 9.59 Å². The number of rotatable bonds is 27. The Bertz CT molecular complexity index is 2280. The standard InChI is InChI=1S/C56H64O8/c1-3-5-7-9-11-12-13-14-16-20-42-60-56(58)63-50-37-33-48(34-38-50)61-47-31-35-49(36-32-47)62-53-39-40-54(52-22-18-17-21-51(52)53)64-55(57)45-25-23-43(24-26-45)44-27-29-46(30-28-44)59-41-19-15-10-8-6-4-2/h17-18,21-40H,3-16,19-20,41-42H2,1-2H3. The minimum absolute atomic E-state index is 0.358. The molecular weight excluding hydrogens is 801 g/mol. The Morgan fingerprint density at radius 2 is 0.828 bits per heavy atom. The van der Waals surface area contributed by atoms with Gasteiger partial charge in [-0.3, -0.25) is 0 Å². The van der Waals surface area contributed by atoms with E-state index in [-0.39, 0.29) is 0 Å². The Balaban J connectivity index is 0.937. The zero-order valence-electron chi connectivity index (χ0n) is 37.7. The molecule has 0 spiro atoms. The van der Waals surface area contributed by atoms with Gasteiger partial charge in [-0.25, -0.2) is 9.59 Å². The van der Waals surface area contributed by atoms with Crippen LogP contribution in [0.3, 0.4) is 0 Å². The van der Waals surface area contributed by atoms with Crippen molar-refractivity contribution < 1.29 is 38.0 Å². The monoisotopic (exact) mass is 864 g/mol. The van der Waals surface area contributed by atoms with E-state index in [4.69, 9.17) is 28.4 Å². The van der Waals surface area contributed by atoms with Crippen LogP contribution in [0.25, 0.3) is 21.9 Å². The first-order valence-corrected chi connectivity index (χ1v) is 23.5. The van der Waals surface area contributed by atoms with Gasteiger partial charge in [0.05, 0.1) is 18.8 Å². The maximum atomic E-state index is 13.3. The molecule has 0 amide bonds. The number of carbonyl (C=O) groups is 2. The molecular formula is C56H64O8. The van der Waals surface area contributed by atoms with Gasteiger partial charge in [0.2, 0.25) is 0 Å². The van der Waals surface area contributed by atoms with Crippen molar-refractivity contribution in [3.63, 3.8) is 0 Å². The van der Waals surface area contributed by atoms with Crippen LogP contribution in [0, 0.1) is 0 Å². The summed E-state index contributed by atoms with van der Waals surface area (Å²) in [6.07, 6.45) is 18.9. The summed E-state index contributed by atoms with van der Waals surface area (Å²) in [7, 11) is 0. The molecule has 0 atom stereocenters. The van der Waals surface area contributed by atoms with Crippen LogP contribution in [0.1, 0.15) is 127 Å². The molecule has 0 N–H and O–H groups in total. The highest BCUT2D eigenvalue weighted by molar-refractivity contribution is 5.98. The van der Waals surface area contributed by atoms with Crippen LogP contribution < -0.4 is 23.7 Å². The first-order chi connectivity index (χ1) is 31.5. The van der Waals surface area contributed by atoms with E-state index < -0.39 is 12.1 Å². The molecule has 0 aliphatic heterocycles. The summed E-state index contributed by atoms with van der Waals surface area (Å²) >= 11 is 0. The summed E-state index contributed by atoms with van der Waals surface area (Å²) in [6.45, 7) is 5.56. The highest BCUT2D eigenvalue weighted by Gasteiger charge is 2.15. The van der Waals surface area contributed by atoms with Crippen molar-refractivity contribution in [3.8, 4) is 51.4 Å². The number of unbranched alkanes of at least 4 members (excludes halogenated alkanes) is 14. The SMILES string of the molecule is CCCCCCCCCCCCOC(=O)Oc1ccc(Oc2ccc(Oc3ccc(OC(=O)c4ccc(-c5ccc(OCCCCCCCC)cc5)cc4)c4ccccc34)cc2)cc1. The summed E-state index contributed by atoms with van der Waals surface area (Å²) in [5.41, 5.74) is 2.50. The third-order valence-corrected chi connectivity index (χ3v) is 11.2. The predicted molar refractivity (Wildman–Crippen MR) is 257 cm³/mol. The molecule has 0 bridgehead atoms. The summed E-state index contributed by atoms with van der Waals surface area (Å²) in [4.78, 5) is 25.5. The Kier molecular flexibility index (Phi) is 19.4. The van der Waals surface area contributed by atoms with Gasteiger partial charge in [-0.15, -0.1) is 0 Å². The maximum absolute atomic E-state index is 13.3. The quantitative estimate of drug-likeness (QED) is 0.0219. The molecule has 6 aromatic rings. The Hall–Kier alpha value is -6.28. The molecule has 336 valence electrons. The topological polar surface area (TPSA) is 89.5 Å².